The Morgan fingerprint density at radius 3 is 2.83 bits per heavy atom. The van der Waals surface area contributed by atoms with Gasteiger partial charge in [0.25, 0.3) is 0 Å². The Morgan fingerprint density at radius 1 is 1.33 bits per heavy atom. The van der Waals surface area contributed by atoms with Gasteiger partial charge in [0, 0.05) is 11.3 Å². The van der Waals surface area contributed by atoms with E-state index in [4.69, 9.17) is 10.2 Å². The lowest BCUT2D eigenvalue weighted by atomic mass is 10.2. The SMILES string of the molecule is CC(CN)CSCc1coc(-c2ccccc2)n1. The van der Waals surface area contributed by atoms with Gasteiger partial charge in [-0.25, -0.2) is 4.98 Å². The zero-order valence-electron chi connectivity index (χ0n) is 10.5. The molecule has 2 rings (SSSR count). The molecule has 1 atom stereocenters. The number of nitrogens with zero attached hydrogens (tertiary/aromatic N) is 1. The van der Waals surface area contributed by atoms with E-state index < -0.39 is 0 Å². The largest absolute Gasteiger partial charge is 0.444 e. The van der Waals surface area contributed by atoms with Crippen molar-refractivity contribution in [3.05, 3.63) is 42.3 Å². The van der Waals surface area contributed by atoms with E-state index in [1.54, 1.807) is 6.26 Å². The second kappa shape index (κ2) is 6.61. The van der Waals surface area contributed by atoms with Crippen LogP contribution < -0.4 is 5.73 Å². The molecule has 96 valence electrons. The fraction of sp³-hybridized carbons (Fsp3) is 0.357. The standard InChI is InChI=1S/C14H18N2OS/c1-11(7-15)9-18-10-13-8-17-14(16-13)12-5-3-2-4-6-12/h2-6,8,11H,7,9-10,15H2,1H3. The monoisotopic (exact) mass is 262 g/mol. The summed E-state index contributed by atoms with van der Waals surface area (Å²) in [5.41, 5.74) is 7.59. The highest BCUT2D eigenvalue weighted by Gasteiger charge is 2.07. The quantitative estimate of drug-likeness (QED) is 0.868. The van der Waals surface area contributed by atoms with Crippen molar-refractivity contribution in [1.29, 1.82) is 0 Å². The molecule has 0 spiro atoms. The van der Waals surface area contributed by atoms with E-state index in [9.17, 15) is 0 Å². The molecule has 1 unspecified atom stereocenters. The summed E-state index contributed by atoms with van der Waals surface area (Å²) in [6.07, 6.45) is 1.74. The van der Waals surface area contributed by atoms with Gasteiger partial charge in [0.1, 0.15) is 6.26 Å². The van der Waals surface area contributed by atoms with Crippen molar-refractivity contribution >= 4 is 11.8 Å². The summed E-state index contributed by atoms with van der Waals surface area (Å²) in [4.78, 5) is 4.48. The Bertz CT molecular complexity index is 470. The number of rotatable bonds is 6. The van der Waals surface area contributed by atoms with E-state index >= 15 is 0 Å². The number of nitrogens with two attached hydrogens (primary N) is 1. The highest BCUT2D eigenvalue weighted by atomic mass is 32.2. The van der Waals surface area contributed by atoms with Crippen molar-refractivity contribution in [3.8, 4) is 11.5 Å². The van der Waals surface area contributed by atoms with Crippen molar-refractivity contribution < 1.29 is 4.42 Å². The molecule has 2 aromatic rings. The fourth-order valence-corrected chi connectivity index (χ4v) is 2.52. The molecule has 0 aliphatic heterocycles. The van der Waals surface area contributed by atoms with E-state index in [-0.39, 0.29) is 0 Å². The van der Waals surface area contributed by atoms with Crippen LogP contribution in [0.1, 0.15) is 12.6 Å². The van der Waals surface area contributed by atoms with Crippen molar-refractivity contribution in [3.63, 3.8) is 0 Å². The van der Waals surface area contributed by atoms with Crippen LogP contribution in [0.2, 0.25) is 0 Å². The van der Waals surface area contributed by atoms with Crippen LogP contribution in [0, 0.1) is 5.92 Å². The summed E-state index contributed by atoms with van der Waals surface area (Å²) < 4.78 is 5.49. The molecule has 1 heterocycles. The molecule has 1 aromatic carbocycles. The van der Waals surface area contributed by atoms with Gasteiger partial charge in [0.05, 0.1) is 5.69 Å². The maximum Gasteiger partial charge on any atom is 0.226 e. The van der Waals surface area contributed by atoms with Crippen LogP contribution >= 0.6 is 11.8 Å². The number of hydrogen-bond acceptors (Lipinski definition) is 4. The summed E-state index contributed by atoms with van der Waals surface area (Å²) in [6, 6.07) is 9.95. The average molecular weight is 262 g/mol. The first-order chi connectivity index (χ1) is 8.79. The minimum Gasteiger partial charge on any atom is -0.444 e. The number of benzene rings is 1. The summed E-state index contributed by atoms with van der Waals surface area (Å²) in [5, 5.41) is 0. The second-order valence-corrected chi connectivity index (χ2v) is 5.40. The molecule has 18 heavy (non-hydrogen) atoms. The molecule has 0 aliphatic rings. The summed E-state index contributed by atoms with van der Waals surface area (Å²) in [6.45, 7) is 2.90. The minimum atomic E-state index is 0.551. The Hall–Kier alpha value is -1.26. The highest BCUT2D eigenvalue weighted by Crippen LogP contribution is 2.21. The first-order valence-electron chi connectivity index (χ1n) is 6.07. The van der Waals surface area contributed by atoms with Crippen molar-refractivity contribution in [2.45, 2.75) is 12.7 Å². The zero-order valence-corrected chi connectivity index (χ0v) is 11.3. The maximum atomic E-state index is 5.58. The van der Waals surface area contributed by atoms with Gasteiger partial charge in [-0.3, -0.25) is 0 Å². The Labute approximate surface area is 112 Å². The normalized spacial score (nSPS) is 12.6. The zero-order chi connectivity index (χ0) is 12.8. The second-order valence-electron chi connectivity index (χ2n) is 4.37. The predicted molar refractivity (Wildman–Crippen MR) is 76.3 cm³/mol. The van der Waals surface area contributed by atoms with E-state index in [1.807, 2.05) is 42.1 Å². The average Bonchev–Trinajstić information content (AvgIpc) is 2.88. The Balaban J connectivity index is 1.91. The third-order valence-corrected chi connectivity index (χ3v) is 3.93. The molecule has 0 bridgehead atoms. The predicted octanol–water partition coefficient (Wildman–Crippen LogP) is 3.17. The van der Waals surface area contributed by atoms with Crippen molar-refractivity contribution in [2.24, 2.45) is 11.7 Å². The van der Waals surface area contributed by atoms with Gasteiger partial charge in [-0.05, 0) is 30.3 Å². The molecule has 0 radical (unpaired) electrons. The minimum absolute atomic E-state index is 0.551. The lowest BCUT2D eigenvalue weighted by Gasteiger charge is -2.05. The van der Waals surface area contributed by atoms with Crippen molar-refractivity contribution in [2.75, 3.05) is 12.3 Å². The smallest absolute Gasteiger partial charge is 0.226 e. The molecule has 0 saturated heterocycles. The van der Waals surface area contributed by atoms with Gasteiger partial charge >= 0.3 is 0 Å². The topological polar surface area (TPSA) is 52.0 Å². The summed E-state index contributed by atoms with van der Waals surface area (Å²) >= 11 is 1.85. The van der Waals surface area contributed by atoms with E-state index in [0.717, 1.165) is 29.3 Å². The van der Waals surface area contributed by atoms with Crippen LogP contribution in [0.3, 0.4) is 0 Å². The van der Waals surface area contributed by atoms with Gasteiger partial charge in [-0.1, -0.05) is 25.1 Å². The Kier molecular flexibility index (Phi) is 4.84. The maximum absolute atomic E-state index is 5.58. The molecule has 0 aliphatic carbocycles. The molecule has 0 amide bonds. The Morgan fingerprint density at radius 2 is 2.11 bits per heavy atom. The number of hydrogen-bond donors (Lipinski definition) is 1. The summed E-state index contributed by atoms with van der Waals surface area (Å²) in [5.74, 6) is 3.18. The van der Waals surface area contributed by atoms with Crippen LogP contribution in [0.25, 0.3) is 11.5 Å². The van der Waals surface area contributed by atoms with Crippen LogP contribution in [0.5, 0.6) is 0 Å². The van der Waals surface area contributed by atoms with Crippen LogP contribution in [-0.2, 0) is 5.75 Å². The van der Waals surface area contributed by atoms with E-state index in [1.165, 1.54) is 0 Å². The first-order valence-corrected chi connectivity index (χ1v) is 7.22. The first kappa shape index (κ1) is 13.2. The third-order valence-electron chi connectivity index (χ3n) is 2.63. The van der Waals surface area contributed by atoms with Crippen molar-refractivity contribution in [1.82, 2.24) is 4.98 Å². The lowest BCUT2D eigenvalue weighted by molar-refractivity contribution is 0.573. The van der Waals surface area contributed by atoms with Crippen LogP contribution in [-0.4, -0.2) is 17.3 Å². The van der Waals surface area contributed by atoms with Gasteiger partial charge in [-0.15, -0.1) is 0 Å². The summed E-state index contributed by atoms with van der Waals surface area (Å²) in [7, 11) is 0. The fourth-order valence-electron chi connectivity index (χ4n) is 1.52. The molecule has 1 aromatic heterocycles. The molecule has 0 fully saturated rings. The lowest BCUT2D eigenvalue weighted by Crippen LogP contribution is -2.12. The molecule has 0 saturated carbocycles. The molecule has 2 N–H and O–H groups in total. The third kappa shape index (κ3) is 3.62. The molecular formula is C14H18N2OS. The number of aromatic nitrogens is 1. The van der Waals surface area contributed by atoms with E-state index in [2.05, 4.69) is 11.9 Å². The van der Waals surface area contributed by atoms with Gasteiger partial charge in [-0.2, -0.15) is 11.8 Å². The van der Waals surface area contributed by atoms with Gasteiger partial charge < -0.3 is 10.2 Å². The highest BCUT2D eigenvalue weighted by molar-refractivity contribution is 7.98. The van der Waals surface area contributed by atoms with Gasteiger partial charge in [0.15, 0.2) is 0 Å². The molecule has 3 nitrogen and oxygen atoms in total. The van der Waals surface area contributed by atoms with Gasteiger partial charge in [0.2, 0.25) is 5.89 Å². The number of thioether (sulfide) groups is 1. The van der Waals surface area contributed by atoms with E-state index in [0.29, 0.717) is 11.8 Å². The van der Waals surface area contributed by atoms with Crippen LogP contribution in [0.4, 0.5) is 0 Å². The molecule has 4 heteroatoms. The number of oxazole rings is 1. The van der Waals surface area contributed by atoms with Crippen LogP contribution in [0.15, 0.2) is 41.0 Å². The molecular weight excluding hydrogens is 244 g/mol.